The largest absolute Gasteiger partial charge is 0.518 e. The maximum Gasteiger partial charge on any atom is 0.391 e. The average molecular weight is 369 g/mol. The molecule has 0 saturated heterocycles. The Labute approximate surface area is 140 Å². The van der Waals surface area contributed by atoms with Crippen molar-refractivity contribution in [2.75, 3.05) is 6.61 Å². The molecule has 7 heteroatoms. The number of halogens is 3. The van der Waals surface area contributed by atoms with Gasteiger partial charge in [-0.15, -0.1) is 11.6 Å². The van der Waals surface area contributed by atoms with Crippen molar-refractivity contribution in [3.05, 3.63) is 29.3 Å². The first-order valence-corrected chi connectivity index (χ1v) is 6.49. The van der Waals surface area contributed by atoms with E-state index >= 15 is 0 Å². The molecule has 0 aliphatic heterocycles. The van der Waals surface area contributed by atoms with Crippen molar-refractivity contribution in [3.8, 4) is 5.75 Å². The Kier molecular flexibility index (Phi) is 7.56. The van der Waals surface area contributed by atoms with E-state index < -0.39 is 24.2 Å². The minimum atomic E-state index is -4.34. The van der Waals surface area contributed by atoms with Gasteiger partial charge in [-0.1, -0.05) is 0 Å². The first-order valence-electron chi connectivity index (χ1n) is 6.49. The number of alkyl halides is 3. The van der Waals surface area contributed by atoms with Gasteiger partial charge in [-0.25, -0.2) is 0 Å². The van der Waals surface area contributed by atoms with Crippen LogP contribution >= 0.6 is 0 Å². The maximum absolute atomic E-state index is 12.4. The van der Waals surface area contributed by atoms with Crippen LogP contribution in [0.5, 0.6) is 5.75 Å². The summed E-state index contributed by atoms with van der Waals surface area (Å²) in [6.07, 6.45) is -5.46. The molecule has 0 aromatic heterocycles. The van der Waals surface area contributed by atoms with Crippen LogP contribution in [0.4, 0.5) is 13.2 Å². The van der Waals surface area contributed by atoms with E-state index in [2.05, 4.69) is 6.07 Å². The molecule has 1 aromatic rings. The van der Waals surface area contributed by atoms with E-state index in [-0.39, 0.29) is 43.0 Å². The molecule has 0 bridgehead atoms. The molecule has 22 heavy (non-hydrogen) atoms. The summed E-state index contributed by atoms with van der Waals surface area (Å²) in [4.78, 5) is 12.0. The van der Waals surface area contributed by atoms with Gasteiger partial charge in [0.05, 0.1) is 6.61 Å². The third-order valence-electron chi connectivity index (χ3n) is 2.28. The molecular weight excluding hydrogens is 351 g/mol. The van der Waals surface area contributed by atoms with Crippen molar-refractivity contribution in [1.29, 1.82) is 0 Å². The predicted octanol–water partition coefficient (Wildman–Crippen LogP) is 3.94. The van der Waals surface area contributed by atoms with Crippen molar-refractivity contribution in [1.82, 2.24) is 0 Å². The zero-order chi connectivity index (χ0) is 16.3. The van der Waals surface area contributed by atoms with E-state index in [1.54, 1.807) is 27.7 Å². The van der Waals surface area contributed by atoms with Gasteiger partial charge in [-0.05, 0) is 33.3 Å². The van der Waals surface area contributed by atoms with Crippen LogP contribution in [0.3, 0.4) is 0 Å². The fourth-order valence-corrected chi connectivity index (χ4v) is 1.60. The summed E-state index contributed by atoms with van der Waals surface area (Å²) >= 11 is 0. The van der Waals surface area contributed by atoms with Gasteiger partial charge in [-0.2, -0.15) is 25.3 Å². The van der Waals surface area contributed by atoms with Gasteiger partial charge in [0, 0.05) is 31.6 Å². The van der Waals surface area contributed by atoms with Gasteiger partial charge in [-0.3, -0.25) is 4.79 Å². The molecule has 0 aliphatic rings. The summed E-state index contributed by atoms with van der Waals surface area (Å²) in [5, 5.41) is 0. The van der Waals surface area contributed by atoms with E-state index in [1.165, 1.54) is 12.1 Å². The molecule has 0 spiro atoms. The van der Waals surface area contributed by atoms with Gasteiger partial charge < -0.3 is 9.47 Å². The molecule has 0 atom stereocenters. The Morgan fingerprint density at radius 3 is 2.32 bits per heavy atom. The second-order valence-electron chi connectivity index (χ2n) is 5.46. The van der Waals surface area contributed by atoms with Crippen molar-refractivity contribution in [2.45, 2.75) is 45.9 Å². The second-order valence-corrected chi connectivity index (χ2v) is 5.46. The molecule has 0 saturated carbocycles. The first kappa shape index (κ1) is 20.9. The Bertz CT molecular complexity index is 508. The normalized spacial score (nSPS) is 11.6. The monoisotopic (exact) mass is 367 g/mol. The van der Waals surface area contributed by atoms with Crippen molar-refractivity contribution >= 4 is 5.97 Å². The summed E-state index contributed by atoms with van der Waals surface area (Å²) in [6.45, 7) is 7.01. The molecule has 0 unspecified atom stereocenters. The van der Waals surface area contributed by atoms with Gasteiger partial charge >= 0.3 is 6.18 Å². The van der Waals surface area contributed by atoms with Crippen LogP contribution in [0.1, 0.15) is 43.6 Å². The minimum Gasteiger partial charge on any atom is -0.518 e. The van der Waals surface area contributed by atoms with Gasteiger partial charge in [0.1, 0.15) is 5.60 Å². The molecule has 0 amide bonds. The van der Waals surface area contributed by atoms with Crippen molar-refractivity contribution in [3.63, 3.8) is 0 Å². The molecule has 0 aliphatic carbocycles. The number of ether oxygens (including phenoxy) is 2. The minimum absolute atomic E-state index is 0. The first-order chi connectivity index (χ1) is 9.52. The zero-order valence-corrected chi connectivity index (χ0v) is 16.1. The summed E-state index contributed by atoms with van der Waals surface area (Å²) in [5.74, 6) is -0.578. The van der Waals surface area contributed by atoms with E-state index in [1.807, 2.05) is 0 Å². The standard InChI is InChI=1S/C15H18F3O3.Zn/c1-5-20-12-8-10(9-15(16,17)18)6-7-11(12)13(19)21-14(2,3)4;/h7-8H,5,9H2,1-4H3;/q-1;. The number of hydrogen-bond donors (Lipinski definition) is 0. The van der Waals surface area contributed by atoms with Gasteiger partial charge in [0.15, 0.2) is 0 Å². The number of rotatable bonds is 4. The predicted molar refractivity (Wildman–Crippen MR) is 71.4 cm³/mol. The van der Waals surface area contributed by atoms with Crippen LogP contribution in [-0.2, 0) is 30.6 Å². The van der Waals surface area contributed by atoms with Gasteiger partial charge in [0.2, 0.25) is 0 Å². The smallest absolute Gasteiger partial charge is 0.391 e. The molecule has 1 aromatic carbocycles. The Morgan fingerprint density at radius 2 is 1.86 bits per heavy atom. The topological polar surface area (TPSA) is 35.5 Å². The van der Waals surface area contributed by atoms with E-state index in [0.717, 1.165) is 0 Å². The maximum atomic E-state index is 12.4. The molecule has 120 valence electrons. The number of carbonyl (C=O) groups is 1. The fourth-order valence-electron chi connectivity index (χ4n) is 1.60. The van der Waals surface area contributed by atoms with Gasteiger partial charge in [0.25, 0.3) is 5.97 Å². The SMILES string of the molecule is CCOc1cc(CC(F)(F)F)[c-]cc1C(=O)OC(C)(C)C.[Zn]. The van der Waals surface area contributed by atoms with E-state index in [9.17, 15) is 18.0 Å². The Morgan fingerprint density at radius 1 is 1.27 bits per heavy atom. The van der Waals surface area contributed by atoms with Crippen molar-refractivity contribution in [2.24, 2.45) is 0 Å². The van der Waals surface area contributed by atoms with Crippen molar-refractivity contribution < 1.29 is 46.9 Å². The quantitative estimate of drug-likeness (QED) is 0.459. The van der Waals surface area contributed by atoms with Crippen LogP contribution in [-0.4, -0.2) is 24.4 Å². The third-order valence-corrected chi connectivity index (χ3v) is 2.28. The van der Waals surface area contributed by atoms with Crippen LogP contribution in [0, 0.1) is 6.07 Å². The second kappa shape index (κ2) is 7.95. The summed E-state index contributed by atoms with van der Waals surface area (Å²) in [5.41, 5.74) is -0.721. The molecule has 0 heterocycles. The number of esters is 1. The molecular formula is C15H18F3O3Zn-. The van der Waals surface area contributed by atoms with Crippen LogP contribution in [0.25, 0.3) is 0 Å². The molecule has 0 fully saturated rings. The molecule has 0 radical (unpaired) electrons. The molecule has 3 nitrogen and oxygen atoms in total. The summed E-state index contributed by atoms with van der Waals surface area (Å²) in [7, 11) is 0. The number of benzene rings is 1. The fraction of sp³-hybridized carbons (Fsp3) is 0.533. The molecule has 1 rings (SSSR count). The van der Waals surface area contributed by atoms with E-state index in [0.29, 0.717) is 0 Å². The Balaban J connectivity index is 0.00000441. The van der Waals surface area contributed by atoms with E-state index in [4.69, 9.17) is 9.47 Å². The summed E-state index contributed by atoms with van der Waals surface area (Å²) < 4.78 is 47.6. The average Bonchev–Trinajstić information content (AvgIpc) is 2.24. The van der Waals surface area contributed by atoms with Crippen LogP contribution < -0.4 is 4.74 Å². The Hall–Kier alpha value is -1.10. The zero-order valence-electron chi connectivity index (χ0n) is 13.1. The number of hydrogen-bond acceptors (Lipinski definition) is 3. The number of carbonyl (C=O) groups excluding carboxylic acids is 1. The third kappa shape index (κ3) is 7.25. The molecule has 0 N–H and O–H groups in total. The summed E-state index contributed by atoms with van der Waals surface area (Å²) in [6, 6.07) is 4.82. The van der Waals surface area contributed by atoms with Crippen LogP contribution in [0.15, 0.2) is 12.1 Å². The van der Waals surface area contributed by atoms with Crippen LogP contribution in [0.2, 0.25) is 0 Å².